The molecule has 2 aromatic rings. The third-order valence-corrected chi connectivity index (χ3v) is 5.41. The van der Waals surface area contributed by atoms with Crippen LogP contribution in [0.1, 0.15) is 40.4 Å². The van der Waals surface area contributed by atoms with E-state index in [9.17, 15) is 30.1 Å². The lowest BCUT2D eigenvalue weighted by Gasteiger charge is -2.34. The zero-order chi connectivity index (χ0) is 21.1. The summed E-state index contributed by atoms with van der Waals surface area (Å²) in [7, 11) is 0. The fourth-order valence-electron chi connectivity index (χ4n) is 3.71. The molecule has 1 fully saturated rings. The molecule has 1 unspecified atom stereocenters. The number of likely N-dealkylation sites (tertiary alicyclic amines) is 1. The van der Waals surface area contributed by atoms with Crippen molar-refractivity contribution in [3.63, 3.8) is 0 Å². The highest BCUT2D eigenvalue weighted by Gasteiger charge is 2.31. The Morgan fingerprint density at radius 2 is 1.59 bits per heavy atom. The molecule has 1 aliphatic heterocycles. The van der Waals surface area contributed by atoms with Gasteiger partial charge in [0.05, 0.1) is 21.5 Å². The standard InChI is InChI=1S/C20H21N3O6/c1-13-17(22(26)27)11-16(12-18(13)23(28)29)20(25)21-9-7-15(8-10-21)19(24)14-5-3-2-4-6-14/h2-6,11-12,15,19,24H,7-10H2,1H3. The highest BCUT2D eigenvalue weighted by atomic mass is 16.6. The number of benzene rings is 2. The number of rotatable bonds is 5. The zero-order valence-electron chi connectivity index (χ0n) is 15.9. The molecule has 3 rings (SSSR count). The molecule has 1 amide bonds. The van der Waals surface area contributed by atoms with Gasteiger partial charge in [-0.15, -0.1) is 0 Å². The minimum absolute atomic E-state index is 0.0110. The number of piperidine rings is 1. The van der Waals surface area contributed by atoms with E-state index in [4.69, 9.17) is 0 Å². The van der Waals surface area contributed by atoms with Crippen molar-refractivity contribution < 1.29 is 19.7 Å². The van der Waals surface area contributed by atoms with E-state index in [0.717, 1.165) is 17.7 Å². The van der Waals surface area contributed by atoms with Crippen molar-refractivity contribution in [2.45, 2.75) is 25.9 Å². The van der Waals surface area contributed by atoms with Gasteiger partial charge in [-0.2, -0.15) is 0 Å². The second-order valence-electron chi connectivity index (χ2n) is 7.14. The molecule has 2 aromatic carbocycles. The molecule has 0 saturated carbocycles. The van der Waals surface area contributed by atoms with E-state index in [1.165, 1.54) is 11.8 Å². The molecule has 1 atom stereocenters. The molecule has 29 heavy (non-hydrogen) atoms. The van der Waals surface area contributed by atoms with Crippen LogP contribution in [-0.4, -0.2) is 38.8 Å². The summed E-state index contributed by atoms with van der Waals surface area (Å²) >= 11 is 0. The van der Waals surface area contributed by atoms with Gasteiger partial charge in [0.25, 0.3) is 17.3 Å². The lowest BCUT2D eigenvalue weighted by atomic mass is 9.87. The van der Waals surface area contributed by atoms with Crippen LogP contribution in [0.15, 0.2) is 42.5 Å². The third-order valence-electron chi connectivity index (χ3n) is 5.41. The Labute approximate surface area is 166 Å². The van der Waals surface area contributed by atoms with Crippen molar-refractivity contribution >= 4 is 17.3 Å². The number of hydrogen-bond acceptors (Lipinski definition) is 6. The fourth-order valence-corrected chi connectivity index (χ4v) is 3.71. The lowest BCUT2D eigenvalue weighted by Crippen LogP contribution is -2.39. The van der Waals surface area contributed by atoms with Crippen LogP contribution in [0.25, 0.3) is 0 Å². The first-order valence-corrected chi connectivity index (χ1v) is 9.25. The number of carbonyl (C=O) groups excluding carboxylic acids is 1. The molecule has 1 heterocycles. The van der Waals surface area contributed by atoms with Crippen molar-refractivity contribution in [3.8, 4) is 0 Å². The van der Waals surface area contributed by atoms with Crippen LogP contribution in [0.5, 0.6) is 0 Å². The largest absolute Gasteiger partial charge is 0.388 e. The number of amides is 1. The SMILES string of the molecule is Cc1c([N+](=O)[O-])cc(C(=O)N2CCC(C(O)c3ccccc3)CC2)cc1[N+](=O)[O-]. The van der Waals surface area contributed by atoms with Crippen LogP contribution in [0.4, 0.5) is 11.4 Å². The Bertz CT molecular complexity index is 903. The topological polar surface area (TPSA) is 127 Å². The smallest absolute Gasteiger partial charge is 0.279 e. The van der Waals surface area contributed by atoms with E-state index < -0.39 is 33.2 Å². The molecule has 1 saturated heterocycles. The zero-order valence-corrected chi connectivity index (χ0v) is 15.9. The van der Waals surface area contributed by atoms with Gasteiger partial charge in [0.1, 0.15) is 5.56 Å². The predicted molar refractivity (Wildman–Crippen MR) is 105 cm³/mol. The average Bonchev–Trinajstić information content (AvgIpc) is 2.73. The van der Waals surface area contributed by atoms with Crippen LogP contribution in [0.3, 0.4) is 0 Å². The summed E-state index contributed by atoms with van der Waals surface area (Å²) in [6.45, 7) is 2.02. The van der Waals surface area contributed by atoms with Crippen molar-refractivity contribution in [1.82, 2.24) is 4.90 Å². The van der Waals surface area contributed by atoms with Gasteiger partial charge in [0.15, 0.2) is 0 Å². The molecule has 0 spiro atoms. The monoisotopic (exact) mass is 399 g/mol. The summed E-state index contributed by atoms with van der Waals surface area (Å²) in [6, 6.07) is 11.5. The van der Waals surface area contributed by atoms with Crippen LogP contribution < -0.4 is 0 Å². The molecule has 9 heteroatoms. The van der Waals surface area contributed by atoms with Gasteiger partial charge in [-0.25, -0.2) is 0 Å². The van der Waals surface area contributed by atoms with Crippen molar-refractivity contribution in [3.05, 3.63) is 79.4 Å². The van der Waals surface area contributed by atoms with E-state index >= 15 is 0 Å². The van der Waals surface area contributed by atoms with Gasteiger partial charge < -0.3 is 10.0 Å². The Balaban J connectivity index is 1.75. The van der Waals surface area contributed by atoms with Crippen LogP contribution in [-0.2, 0) is 0 Å². The molecule has 0 radical (unpaired) electrons. The van der Waals surface area contributed by atoms with Crippen molar-refractivity contribution in [2.75, 3.05) is 13.1 Å². The summed E-state index contributed by atoms with van der Waals surface area (Å²) in [5.74, 6) is -0.494. The Kier molecular flexibility index (Phi) is 5.88. The number of hydrogen-bond donors (Lipinski definition) is 1. The average molecular weight is 399 g/mol. The second-order valence-corrected chi connectivity index (χ2v) is 7.14. The van der Waals surface area contributed by atoms with Crippen LogP contribution >= 0.6 is 0 Å². The minimum atomic E-state index is -0.721. The minimum Gasteiger partial charge on any atom is -0.388 e. The molecular formula is C20H21N3O6. The second kappa shape index (κ2) is 8.36. The summed E-state index contributed by atoms with van der Waals surface area (Å²) in [6.07, 6.45) is 0.505. The number of aliphatic hydroxyl groups excluding tert-OH is 1. The summed E-state index contributed by atoms with van der Waals surface area (Å²) in [5.41, 5.74) is -0.228. The fraction of sp³-hybridized carbons (Fsp3) is 0.350. The van der Waals surface area contributed by atoms with Crippen molar-refractivity contribution in [2.24, 2.45) is 5.92 Å². The number of carbonyl (C=O) groups is 1. The molecule has 9 nitrogen and oxygen atoms in total. The predicted octanol–water partition coefficient (Wildman–Crippen LogP) is 3.40. The number of aliphatic hydroxyl groups is 1. The molecule has 0 bridgehead atoms. The summed E-state index contributed by atoms with van der Waals surface area (Å²) in [4.78, 5) is 35.4. The van der Waals surface area contributed by atoms with Crippen molar-refractivity contribution in [1.29, 1.82) is 0 Å². The van der Waals surface area contributed by atoms with E-state index in [-0.39, 0.29) is 17.0 Å². The molecule has 1 N–H and O–H groups in total. The van der Waals surface area contributed by atoms with E-state index in [0.29, 0.717) is 25.9 Å². The summed E-state index contributed by atoms with van der Waals surface area (Å²) < 4.78 is 0. The Morgan fingerprint density at radius 1 is 1.07 bits per heavy atom. The number of nitrogens with zero attached hydrogens (tertiary/aromatic N) is 3. The van der Waals surface area contributed by atoms with Gasteiger partial charge in [-0.05, 0) is 31.2 Å². The van der Waals surface area contributed by atoms with Gasteiger partial charge in [-0.1, -0.05) is 30.3 Å². The first-order chi connectivity index (χ1) is 13.8. The first-order valence-electron chi connectivity index (χ1n) is 9.25. The van der Waals surface area contributed by atoms with Crippen LogP contribution in [0, 0.1) is 33.1 Å². The van der Waals surface area contributed by atoms with E-state index in [1.807, 2.05) is 30.3 Å². The number of nitro benzene ring substituents is 2. The third kappa shape index (κ3) is 4.24. The molecular weight excluding hydrogens is 378 g/mol. The maximum absolute atomic E-state index is 12.8. The highest BCUT2D eigenvalue weighted by Crippen LogP contribution is 2.33. The lowest BCUT2D eigenvalue weighted by molar-refractivity contribution is -0.395. The Hall–Kier alpha value is -3.33. The molecule has 1 aliphatic rings. The van der Waals surface area contributed by atoms with Gasteiger partial charge in [0.2, 0.25) is 0 Å². The quantitative estimate of drug-likeness (QED) is 0.606. The Morgan fingerprint density at radius 3 is 2.07 bits per heavy atom. The van der Waals surface area contributed by atoms with Crippen LogP contribution in [0.2, 0.25) is 0 Å². The maximum atomic E-state index is 12.8. The highest BCUT2D eigenvalue weighted by molar-refractivity contribution is 5.96. The van der Waals surface area contributed by atoms with E-state index in [1.54, 1.807) is 0 Å². The van der Waals surface area contributed by atoms with Gasteiger partial charge in [-0.3, -0.25) is 25.0 Å². The van der Waals surface area contributed by atoms with Gasteiger partial charge in [0, 0.05) is 25.2 Å². The summed E-state index contributed by atoms with van der Waals surface area (Å²) in [5, 5.41) is 33.0. The normalized spacial score (nSPS) is 15.7. The first kappa shape index (κ1) is 20.4. The molecule has 0 aromatic heterocycles. The molecule has 0 aliphatic carbocycles. The van der Waals surface area contributed by atoms with Gasteiger partial charge >= 0.3 is 0 Å². The molecule has 152 valence electrons. The number of nitro groups is 2. The van der Waals surface area contributed by atoms with E-state index in [2.05, 4.69) is 0 Å². The maximum Gasteiger partial charge on any atom is 0.279 e.